The van der Waals surface area contributed by atoms with E-state index in [9.17, 15) is 10.2 Å². The van der Waals surface area contributed by atoms with Crippen LogP contribution in [0.2, 0.25) is 0 Å². The molecule has 0 aliphatic rings. The van der Waals surface area contributed by atoms with Crippen molar-refractivity contribution in [2.24, 2.45) is 5.73 Å². The van der Waals surface area contributed by atoms with E-state index in [4.69, 9.17) is 10.5 Å². The molecule has 0 saturated carbocycles. The molecular formula is C25H29BrN2O3. The summed E-state index contributed by atoms with van der Waals surface area (Å²) in [6.45, 7) is 2.19. The topological polar surface area (TPSA) is 79.0 Å². The number of aliphatic hydroxyl groups is 2. The van der Waals surface area contributed by atoms with Crippen LogP contribution in [-0.4, -0.2) is 40.9 Å². The molecule has 0 fully saturated rings. The number of nitrogens with two attached hydrogens (primary N) is 1. The van der Waals surface area contributed by atoms with Crippen molar-refractivity contribution in [3.8, 4) is 5.75 Å². The molecular weight excluding hydrogens is 456 g/mol. The molecule has 0 saturated heterocycles. The van der Waals surface area contributed by atoms with Gasteiger partial charge < -0.3 is 20.7 Å². The van der Waals surface area contributed by atoms with E-state index in [0.717, 1.165) is 13.1 Å². The summed E-state index contributed by atoms with van der Waals surface area (Å²) in [5.74, 6) is 0.571. The number of aliphatic hydroxyl groups excluding tert-OH is 2. The molecule has 3 aromatic rings. The molecule has 3 rings (SSSR count). The highest BCUT2D eigenvalue weighted by molar-refractivity contribution is 9.10. The lowest BCUT2D eigenvalue weighted by atomic mass is 10.1. The van der Waals surface area contributed by atoms with Crippen LogP contribution in [-0.2, 0) is 13.1 Å². The van der Waals surface area contributed by atoms with Crippen molar-refractivity contribution >= 4 is 15.9 Å². The molecule has 0 aliphatic heterocycles. The third-order valence-corrected chi connectivity index (χ3v) is 5.82. The van der Waals surface area contributed by atoms with E-state index < -0.39 is 12.2 Å². The van der Waals surface area contributed by atoms with Crippen molar-refractivity contribution < 1.29 is 14.9 Å². The minimum absolute atomic E-state index is 0.124. The van der Waals surface area contributed by atoms with Gasteiger partial charge in [-0.25, -0.2) is 0 Å². The molecule has 0 heterocycles. The third kappa shape index (κ3) is 7.16. The summed E-state index contributed by atoms with van der Waals surface area (Å²) < 4.78 is 6.52. The standard InChI is InChI=1S/C25H29BrN2O3/c26-25-22(23(30)14-27)12-7-13-24(25)31-18-21(29)17-28(15-19-8-3-1-4-9-19)16-20-10-5-2-6-11-20/h1-13,21,23,29-30H,14-18,27H2/t21-,23?/m1/s1. The fourth-order valence-corrected chi connectivity index (χ4v) is 4.07. The first kappa shape index (κ1) is 23.4. The Morgan fingerprint density at radius 3 is 1.97 bits per heavy atom. The predicted octanol–water partition coefficient (Wildman–Crippen LogP) is 3.88. The fraction of sp³-hybridized carbons (Fsp3) is 0.280. The maximum absolute atomic E-state index is 10.7. The smallest absolute Gasteiger partial charge is 0.133 e. The lowest BCUT2D eigenvalue weighted by molar-refractivity contribution is 0.0624. The molecule has 31 heavy (non-hydrogen) atoms. The van der Waals surface area contributed by atoms with E-state index in [1.165, 1.54) is 11.1 Å². The van der Waals surface area contributed by atoms with Gasteiger partial charge in [-0.3, -0.25) is 4.90 Å². The number of hydrogen-bond acceptors (Lipinski definition) is 5. The van der Waals surface area contributed by atoms with Crippen molar-refractivity contribution in [2.75, 3.05) is 19.7 Å². The molecule has 164 valence electrons. The van der Waals surface area contributed by atoms with Gasteiger partial charge in [0, 0.05) is 26.2 Å². The molecule has 1 unspecified atom stereocenters. The summed E-state index contributed by atoms with van der Waals surface area (Å²) in [5.41, 5.74) is 8.62. The van der Waals surface area contributed by atoms with Gasteiger partial charge in [0.05, 0.1) is 10.6 Å². The zero-order valence-electron chi connectivity index (χ0n) is 17.4. The number of rotatable bonds is 11. The quantitative estimate of drug-likeness (QED) is 0.384. The van der Waals surface area contributed by atoms with Crippen LogP contribution in [0.3, 0.4) is 0 Å². The van der Waals surface area contributed by atoms with Gasteiger partial charge >= 0.3 is 0 Å². The second-order valence-corrected chi connectivity index (χ2v) is 8.31. The molecule has 5 nitrogen and oxygen atoms in total. The second-order valence-electron chi connectivity index (χ2n) is 7.52. The van der Waals surface area contributed by atoms with Gasteiger partial charge in [-0.2, -0.15) is 0 Å². The van der Waals surface area contributed by atoms with Gasteiger partial charge in [0.15, 0.2) is 0 Å². The Bertz CT molecular complexity index is 883. The average Bonchev–Trinajstić information content (AvgIpc) is 2.79. The van der Waals surface area contributed by atoms with Crippen LogP contribution in [0.1, 0.15) is 22.8 Å². The molecule has 3 aromatic carbocycles. The van der Waals surface area contributed by atoms with E-state index in [0.29, 0.717) is 22.3 Å². The number of hydrogen-bond donors (Lipinski definition) is 3. The summed E-state index contributed by atoms with van der Waals surface area (Å²) in [6, 6.07) is 25.9. The molecule has 2 atom stereocenters. The van der Waals surface area contributed by atoms with Crippen LogP contribution in [0.5, 0.6) is 5.75 Å². The summed E-state index contributed by atoms with van der Waals surface area (Å²) in [7, 11) is 0. The van der Waals surface area contributed by atoms with Gasteiger partial charge in [0.1, 0.15) is 18.5 Å². The normalized spacial score (nSPS) is 13.2. The van der Waals surface area contributed by atoms with Crippen LogP contribution in [0, 0.1) is 0 Å². The maximum Gasteiger partial charge on any atom is 0.133 e. The first-order chi connectivity index (χ1) is 15.1. The first-order valence-corrected chi connectivity index (χ1v) is 11.1. The summed E-state index contributed by atoms with van der Waals surface area (Å²) in [4.78, 5) is 2.21. The Hall–Kier alpha value is -2.22. The van der Waals surface area contributed by atoms with Crippen LogP contribution >= 0.6 is 15.9 Å². The average molecular weight is 485 g/mol. The molecule has 0 spiro atoms. The van der Waals surface area contributed by atoms with Crippen LogP contribution in [0.25, 0.3) is 0 Å². The van der Waals surface area contributed by atoms with E-state index in [1.54, 1.807) is 18.2 Å². The van der Waals surface area contributed by atoms with Crippen LogP contribution in [0.4, 0.5) is 0 Å². The van der Waals surface area contributed by atoms with Gasteiger partial charge in [0.2, 0.25) is 0 Å². The highest BCUT2D eigenvalue weighted by Gasteiger charge is 2.17. The van der Waals surface area contributed by atoms with E-state index in [2.05, 4.69) is 45.1 Å². The highest BCUT2D eigenvalue weighted by Crippen LogP contribution is 2.32. The van der Waals surface area contributed by atoms with Gasteiger partial charge in [-0.15, -0.1) is 0 Å². The highest BCUT2D eigenvalue weighted by atomic mass is 79.9. The monoisotopic (exact) mass is 484 g/mol. The second kappa shape index (κ2) is 12.0. The third-order valence-electron chi connectivity index (χ3n) is 4.97. The zero-order chi connectivity index (χ0) is 22.1. The Morgan fingerprint density at radius 1 is 0.839 bits per heavy atom. The maximum atomic E-state index is 10.7. The summed E-state index contributed by atoms with van der Waals surface area (Å²) in [5, 5.41) is 20.7. The zero-order valence-corrected chi connectivity index (χ0v) is 19.0. The van der Waals surface area contributed by atoms with Gasteiger partial charge in [-0.1, -0.05) is 72.8 Å². The summed E-state index contributed by atoms with van der Waals surface area (Å²) >= 11 is 3.48. The van der Waals surface area contributed by atoms with E-state index >= 15 is 0 Å². The number of ether oxygens (including phenoxy) is 1. The van der Waals surface area contributed by atoms with Gasteiger partial charge in [0.25, 0.3) is 0 Å². The lowest BCUT2D eigenvalue weighted by Gasteiger charge is -2.26. The number of halogens is 1. The lowest BCUT2D eigenvalue weighted by Crippen LogP contribution is -2.35. The Labute approximate surface area is 192 Å². The fourth-order valence-electron chi connectivity index (χ4n) is 3.43. The van der Waals surface area contributed by atoms with E-state index in [-0.39, 0.29) is 13.2 Å². The predicted molar refractivity (Wildman–Crippen MR) is 127 cm³/mol. The van der Waals surface area contributed by atoms with Crippen molar-refractivity contribution in [3.05, 3.63) is 100 Å². The van der Waals surface area contributed by atoms with Crippen LogP contribution in [0.15, 0.2) is 83.3 Å². The van der Waals surface area contributed by atoms with Crippen molar-refractivity contribution in [3.63, 3.8) is 0 Å². The molecule has 6 heteroatoms. The number of nitrogens with zero attached hydrogens (tertiary/aromatic N) is 1. The van der Waals surface area contributed by atoms with Gasteiger partial charge in [-0.05, 0) is 38.7 Å². The molecule has 0 radical (unpaired) electrons. The largest absolute Gasteiger partial charge is 0.490 e. The minimum Gasteiger partial charge on any atom is -0.490 e. The number of benzene rings is 3. The Balaban J connectivity index is 1.64. The summed E-state index contributed by atoms with van der Waals surface area (Å²) in [6.07, 6.45) is -1.45. The molecule has 4 N–H and O–H groups in total. The van der Waals surface area contributed by atoms with Crippen LogP contribution < -0.4 is 10.5 Å². The molecule has 0 aromatic heterocycles. The Morgan fingerprint density at radius 2 is 1.42 bits per heavy atom. The van der Waals surface area contributed by atoms with E-state index in [1.807, 2.05) is 36.4 Å². The van der Waals surface area contributed by atoms with Crippen molar-refractivity contribution in [2.45, 2.75) is 25.3 Å². The molecule has 0 bridgehead atoms. The Kier molecular flexibility index (Phi) is 9.06. The minimum atomic E-state index is -0.768. The van der Waals surface area contributed by atoms with Crippen molar-refractivity contribution in [1.29, 1.82) is 0 Å². The van der Waals surface area contributed by atoms with Crippen molar-refractivity contribution in [1.82, 2.24) is 4.90 Å². The SMILES string of the molecule is NCC(O)c1cccc(OC[C@H](O)CN(Cc2ccccc2)Cc2ccccc2)c1Br. The molecule has 0 aliphatic carbocycles. The molecule has 0 amide bonds. The first-order valence-electron chi connectivity index (χ1n) is 10.3.